The molecule has 2 rings (SSSR count). The Labute approximate surface area is 101 Å². The summed E-state index contributed by atoms with van der Waals surface area (Å²) in [6.07, 6.45) is 0. The van der Waals surface area contributed by atoms with Gasteiger partial charge in [-0.05, 0) is 35.4 Å². The minimum atomic E-state index is -3.07. The van der Waals surface area contributed by atoms with Gasteiger partial charge in [0, 0.05) is 0 Å². The average Bonchev–Trinajstić information content (AvgIpc) is 2.32. The molecule has 2 aromatic rings. The van der Waals surface area contributed by atoms with E-state index < -0.39 is 24.0 Å². The molecule has 0 atom stereocenters. The van der Waals surface area contributed by atoms with Crippen LogP contribution in [0.5, 0.6) is 5.75 Å². The van der Waals surface area contributed by atoms with E-state index in [1.54, 1.807) is 0 Å². The first kappa shape index (κ1) is 12.4. The van der Waals surface area contributed by atoms with E-state index >= 15 is 0 Å². The predicted octanol–water partition coefficient (Wildman–Crippen LogP) is 4.23. The molecule has 18 heavy (non-hydrogen) atoms. The van der Waals surface area contributed by atoms with E-state index in [0.29, 0.717) is 11.1 Å². The Balaban J connectivity index is 2.31. The monoisotopic (exact) mass is 256 g/mol. The van der Waals surface area contributed by atoms with Crippen molar-refractivity contribution in [3.05, 3.63) is 54.1 Å². The van der Waals surface area contributed by atoms with Crippen molar-refractivity contribution in [3.63, 3.8) is 0 Å². The molecule has 0 radical (unpaired) electrons. The minimum absolute atomic E-state index is 0.406. The van der Waals surface area contributed by atoms with E-state index in [2.05, 4.69) is 4.74 Å². The van der Waals surface area contributed by atoms with Gasteiger partial charge in [0.2, 0.25) is 0 Å². The number of halogens is 4. The highest BCUT2D eigenvalue weighted by molar-refractivity contribution is 5.64. The molecule has 1 nitrogen and oxygen atoms in total. The maximum Gasteiger partial charge on any atom is 0.387 e. The van der Waals surface area contributed by atoms with Crippen LogP contribution in [0.1, 0.15) is 0 Å². The van der Waals surface area contributed by atoms with E-state index in [-0.39, 0.29) is 0 Å². The number of benzene rings is 2. The van der Waals surface area contributed by atoms with Crippen LogP contribution in [0.15, 0.2) is 42.5 Å². The zero-order valence-corrected chi connectivity index (χ0v) is 9.04. The van der Waals surface area contributed by atoms with Crippen molar-refractivity contribution >= 4 is 0 Å². The molecule has 0 N–H and O–H groups in total. The van der Waals surface area contributed by atoms with Crippen molar-refractivity contribution in [1.82, 2.24) is 0 Å². The van der Waals surface area contributed by atoms with Crippen molar-refractivity contribution < 1.29 is 22.3 Å². The SMILES string of the molecule is Fc1ccc(-c2ccc(OC(F)F)c(F)c2)cc1. The lowest BCUT2D eigenvalue weighted by molar-refractivity contribution is -0.0521. The third-order valence-electron chi connectivity index (χ3n) is 2.33. The van der Waals surface area contributed by atoms with E-state index in [1.165, 1.54) is 30.3 Å². The van der Waals surface area contributed by atoms with Gasteiger partial charge in [-0.25, -0.2) is 8.78 Å². The lowest BCUT2D eigenvalue weighted by atomic mass is 10.1. The fraction of sp³-hybridized carbons (Fsp3) is 0.0769. The molecule has 0 saturated carbocycles. The number of ether oxygens (including phenoxy) is 1. The van der Waals surface area contributed by atoms with Crippen LogP contribution in [0.2, 0.25) is 0 Å². The molecule has 0 aromatic heterocycles. The summed E-state index contributed by atoms with van der Waals surface area (Å²) in [7, 11) is 0. The van der Waals surface area contributed by atoms with Crippen LogP contribution in [0, 0.1) is 11.6 Å². The molecule has 0 heterocycles. The molecule has 0 aliphatic heterocycles. The van der Waals surface area contributed by atoms with E-state index in [9.17, 15) is 17.6 Å². The van der Waals surface area contributed by atoms with E-state index in [1.807, 2.05) is 0 Å². The zero-order chi connectivity index (χ0) is 13.1. The first-order chi connectivity index (χ1) is 8.56. The van der Waals surface area contributed by atoms with Crippen molar-refractivity contribution in [2.75, 3.05) is 0 Å². The molecule has 2 aromatic carbocycles. The summed E-state index contributed by atoms with van der Waals surface area (Å²) in [5, 5.41) is 0. The van der Waals surface area contributed by atoms with Crippen LogP contribution in [0.25, 0.3) is 11.1 Å². The van der Waals surface area contributed by atoms with E-state index in [4.69, 9.17) is 0 Å². The normalized spacial score (nSPS) is 10.7. The van der Waals surface area contributed by atoms with Crippen LogP contribution in [0.3, 0.4) is 0 Å². The first-order valence-electron chi connectivity index (χ1n) is 5.06. The van der Waals surface area contributed by atoms with Crippen molar-refractivity contribution in [3.8, 4) is 16.9 Å². The van der Waals surface area contributed by atoms with Crippen LogP contribution >= 0.6 is 0 Å². The maximum absolute atomic E-state index is 13.4. The molecule has 0 aliphatic rings. The van der Waals surface area contributed by atoms with Gasteiger partial charge in [0.1, 0.15) is 5.82 Å². The summed E-state index contributed by atoms with van der Waals surface area (Å²) in [5.74, 6) is -1.81. The molecule has 0 saturated heterocycles. The van der Waals surface area contributed by atoms with Crippen LogP contribution in [0.4, 0.5) is 17.6 Å². The fourth-order valence-corrected chi connectivity index (χ4v) is 1.51. The molecule has 0 bridgehead atoms. The zero-order valence-electron chi connectivity index (χ0n) is 9.04. The highest BCUT2D eigenvalue weighted by Crippen LogP contribution is 2.26. The quantitative estimate of drug-likeness (QED) is 0.746. The summed E-state index contributed by atoms with van der Waals surface area (Å²) in [6, 6.07) is 9.00. The lowest BCUT2D eigenvalue weighted by Crippen LogP contribution is -2.03. The molecule has 0 unspecified atom stereocenters. The lowest BCUT2D eigenvalue weighted by Gasteiger charge is -2.07. The van der Waals surface area contributed by atoms with Gasteiger partial charge in [-0.3, -0.25) is 0 Å². The number of alkyl halides is 2. The van der Waals surface area contributed by atoms with Gasteiger partial charge < -0.3 is 4.74 Å². The second-order valence-electron chi connectivity index (χ2n) is 3.53. The van der Waals surface area contributed by atoms with Crippen molar-refractivity contribution in [2.45, 2.75) is 6.61 Å². The van der Waals surface area contributed by atoms with Gasteiger partial charge in [0.25, 0.3) is 0 Å². The van der Waals surface area contributed by atoms with E-state index in [0.717, 1.165) is 12.1 Å². The Kier molecular flexibility index (Phi) is 3.50. The summed E-state index contributed by atoms with van der Waals surface area (Å²) in [5.41, 5.74) is 1.04. The Morgan fingerprint density at radius 1 is 0.833 bits per heavy atom. The van der Waals surface area contributed by atoms with Gasteiger partial charge in [0.15, 0.2) is 11.6 Å². The third kappa shape index (κ3) is 2.80. The van der Waals surface area contributed by atoms with Gasteiger partial charge in [0.05, 0.1) is 0 Å². The Bertz CT molecular complexity index is 537. The van der Waals surface area contributed by atoms with Gasteiger partial charge in [-0.15, -0.1) is 0 Å². The maximum atomic E-state index is 13.4. The molecule has 0 fully saturated rings. The predicted molar refractivity (Wildman–Crippen MR) is 58.4 cm³/mol. The summed E-state index contributed by atoms with van der Waals surface area (Å²) in [6.45, 7) is -3.07. The van der Waals surface area contributed by atoms with Crippen molar-refractivity contribution in [2.24, 2.45) is 0 Å². The topological polar surface area (TPSA) is 9.23 Å². The van der Waals surface area contributed by atoms with Gasteiger partial charge in [-0.1, -0.05) is 18.2 Å². The standard InChI is InChI=1S/C13H8F4O/c14-10-4-1-8(2-5-10)9-3-6-12(11(15)7-9)18-13(16)17/h1-7,13H. The van der Waals surface area contributed by atoms with Gasteiger partial charge in [-0.2, -0.15) is 8.78 Å². The molecular weight excluding hydrogens is 248 g/mol. The smallest absolute Gasteiger partial charge is 0.387 e. The Morgan fingerprint density at radius 3 is 2.00 bits per heavy atom. The molecule has 0 spiro atoms. The number of hydrogen-bond acceptors (Lipinski definition) is 1. The molecule has 94 valence electrons. The number of rotatable bonds is 3. The average molecular weight is 256 g/mol. The molecule has 0 amide bonds. The van der Waals surface area contributed by atoms with Crippen molar-refractivity contribution in [1.29, 1.82) is 0 Å². The van der Waals surface area contributed by atoms with Crippen LogP contribution < -0.4 is 4.74 Å². The molecule has 0 aliphatic carbocycles. The summed E-state index contributed by atoms with van der Waals surface area (Å²) >= 11 is 0. The van der Waals surface area contributed by atoms with Crippen LogP contribution in [-0.4, -0.2) is 6.61 Å². The third-order valence-corrected chi connectivity index (χ3v) is 2.33. The highest BCUT2D eigenvalue weighted by atomic mass is 19.3. The largest absolute Gasteiger partial charge is 0.432 e. The fourth-order valence-electron chi connectivity index (χ4n) is 1.51. The minimum Gasteiger partial charge on any atom is -0.432 e. The number of hydrogen-bond donors (Lipinski definition) is 0. The molecular formula is C13H8F4O. The Morgan fingerprint density at radius 2 is 1.44 bits per heavy atom. The second-order valence-corrected chi connectivity index (χ2v) is 3.53. The summed E-state index contributed by atoms with van der Waals surface area (Å²) in [4.78, 5) is 0. The highest BCUT2D eigenvalue weighted by Gasteiger charge is 2.10. The first-order valence-corrected chi connectivity index (χ1v) is 5.06. The summed E-state index contributed by atoms with van der Waals surface area (Å²) < 4.78 is 54.0. The van der Waals surface area contributed by atoms with Gasteiger partial charge >= 0.3 is 6.61 Å². The molecule has 5 heteroatoms. The Hall–Kier alpha value is -2.04. The van der Waals surface area contributed by atoms with Crippen LogP contribution in [-0.2, 0) is 0 Å². The second kappa shape index (κ2) is 5.08.